The molecule has 0 bridgehead atoms. The van der Waals surface area contributed by atoms with E-state index in [0.717, 1.165) is 31.1 Å². The number of unbranched alkanes of at least 4 members (excludes halogenated alkanes) is 10. The third-order valence-corrected chi connectivity index (χ3v) is 5.00. The fourth-order valence-electron chi connectivity index (χ4n) is 3.30. The maximum Gasteiger partial charge on any atom is -0.0351 e. The lowest BCUT2D eigenvalue weighted by Gasteiger charge is -2.20. The van der Waals surface area contributed by atoms with E-state index in [-0.39, 0.29) is 0 Å². The van der Waals surface area contributed by atoms with Gasteiger partial charge in [-0.25, -0.2) is 0 Å². The summed E-state index contributed by atoms with van der Waals surface area (Å²) in [6.45, 7) is 12.6. The Labute approximate surface area is 148 Å². The van der Waals surface area contributed by atoms with Crippen molar-refractivity contribution in [1.29, 1.82) is 0 Å². The van der Waals surface area contributed by atoms with Crippen LogP contribution in [0.4, 0.5) is 0 Å². The van der Waals surface area contributed by atoms with E-state index >= 15 is 0 Å². The van der Waals surface area contributed by atoms with Crippen LogP contribution in [0, 0.1) is 25.7 Å². The van der Waals surface area contributed by atoms with Crippen LogP contribution in [0.3, 0.4) is 0 Å². The molecule has 0 N–H and O–H groups in total. The largest absolute Gasteiger partial charge is 0.0885 e. The average molecular weight is 321 g/mol. The monoisotopic (exact) mass is 320 g/mol. The molecule has 0 aromatic rings. The molecule has 0 aliphatic rings. The Hall–Kier alpha value is -0.260. The second-order valence-corrected chi connectivity index (χ2v) is 7.52. The summed E-state index contributed by atoms with van der Waals surface area (Å²) in [7, 11) is 0. The lowest BCUT2D eigenvalue weighted by Crippen LogP contribution is -2.08. The molecule has 0 aromatic heterocycles. The molecule has 0 fully saturated rings. The third kappa shape index (κ3) is 16.4. The van der Waals surface area contributed by atoms with Crippen LogP contribution in [-0.4, -0.2) is 0 Å². The molecule has 0 heterocycles. The van der Waals surface area contributed by atoms with Crippen molar-refractivity contribution in [1.82, 2.24) is 0 Å². The fourth-order valence-corrected chi connectivity index (χ4v) is 3.30. The first kappa shape index (κ1) is 22.7. The number of rotatable bonds is 17. The highest BCUT2D eigenvalue weighted by atomic mass is 14.2. The van der Waals surface area contributed by atoms with Gasteiger partial charge in [0, 0.05) is 0 Å². The molecule has 136 valence electrons. The van der Waals surface area contributed by atoms with Crippen molar-refractivity contribution >= 4 is 0 Å². The molecule has 1 unspecified atom stereocenters. The van der Waals surface area contributed by atoms with Crippen LogP contribution < -0.4 is 0 Å². The zero-order chi connectivity index (χ0) is 17.2. The smallest absolute Gasteiger partial charge is 0.0351 e. The number of hydrogen-bond acceptors (Lipinski definition) is 0. The van der Waals surface area contributed by atoms with Gasteiger partial charge < -0.3 is 0 Å². The van der Waals surface area contributed by atoms with Gasteiger partial charge in [-0.05, 0) is 37.5 Å². The molecule has 0 saturated carbocycles. The normalized spacial score (nSPS) is 13.3. The molecule has 23 heavy (non-hydrogen) atoms. The quantitative estimate of drug-likeness (QED) is 0.186. The van der Waals surface area contributed by atoms with Crippen molar-refractivity contribution in [3.8, 4) is 0 Å². The second-order valence-electron chi connectivity index (χ2n) is 7.52. The first-order chi connectivity index (χ1) is 11.2. The molecule has 0 amide bonds. The molecule has 0 aromatic carbocycles. The van der Waals surface area contributed by atoms with E-state index in [1.165, 1.54) is 77.0 Å². The van der Waals surface area contributed by atoms with E-state index in [1.54, 1.807) is 0 Å². The highest BCUT2D eigenvalue weighted by Crippen LogP contribution is 2.25. The van der Waals surface area contributed by atoms with Gasteiger partial charge in [0.25, 0.3) is 0 Å². The zero-order valence-electron chi connectivity index (χ0n) is 16.3. The summed E-state index contributed by atoms with van der Waals surface area (Å²) in [5.41, 5.74) is 0. The minimum atomic E-state index is 0.855. The molecule has 2 radical (unpaired) electrons. The lowest BCUT2D eigenvalue weighted by atomic mass is 9.86. The second kappa shape index (κ2) is 18.1. The van der Waals surface area contributed by atoms with Crippen molar-refractivity contribution in [2.75, 3.05) is 0 Å². The molecule has 0 saturated heterocycles. The number of hydrogen-bond donors (Lipinski definition) is 0. The lowest BCUT2D eigenvalue weighted by molar-refractivity contribution is 0.314. The van der Waals surface area contributed by atoms with Crippen molar-refractivity contribution in [3.05, 3.63) is 26.0 Å². The van der Waals surface area contributed by atoms with Gasteiger partial charge in [0.05, 0.1) is 0 Å². The summed E-state index contributed by atoms with van der Waals surface area (Å²) < 4.78 is 0. The van der Waals surface area contributed by atoms with Crippen LogP contribution in [0.5, 0.6) is 0 Å². The highest BCUT2D eigenvalue weighted by Gasteiger charge is 2.12. The van der Waals surface area contributed by atoms with Crippen molar-refractivity contribution < 1.29 is 0 Å². The first-order valence-corrected chi connectivity index (χ1v) is 10.5. The molecular weight excluding hydrogens is 276 g/mol. The minimum Gasteiger partial charge on any atom is -0.0885 e. The van der Waals surface area contributed by atoms with Crippen LogP contribution in [0.15, 0.2) is 12.2 Å². The average Bonchev–Trinajstić information content (AvgIpc) is 2.54. The van der Waals surface area contributed by atoms with E-state index in [1.807, 2.05) is 0 Å². The Morgan fingerprint density at radius 3 is 1.70 bits per heavy atom. The van der Waals surface area contributed by atoms with Crippen LogP contribution >= 0.6 is 0 Å². The molecule has 0 nitrogen and oxygen atoms in total. The molecule has 0 aliphatic carbocycles. The minimum absolute atomic E-state index is 0.855. The Kier molecular flexibility index (Phi) is 17.9. The summed E-state index contributed by atoms with van der Waals surface area (Å²) in [4.78, 5) is 0. The van der Waals surface area contributed by atoms with Gasteiger partial charge in [0.2, 0.25) is 0 Å². The number of allylic oxidation sites excluding steroid dienone is 2. The predicted molar refractivity (Wildman–Crippen MR) is 107 cm³/mol. The Morgan fingerprint density at radius 1 is 0.609 bits per heavy atom. The Morgan fingerprint density at radius 2 is 1.13 bits per heavy atom. The van der Waals surface area contributed by atoms with Gasteiger partial charge in [0.15, 0.2) is 0 Å². The topological polar surface area (TPSA) is 0 Å². The summed E-state index contributed by atoms with van der Waals surface area (Å²) in [5, 5.41) is 0. The SMILES string of the molecule is [CH2]CCC=CCCCCC(CCCCCCCCC[CH2])C(C)C. The van der Waals surface area contributed by atoms with Crippen molar-refractivity contribution in [3.63, 3.8) is 0 Å². The molecule has 0 rings (SSSR count). The molecule has 0 spiro atoms. The maximum atomic E-state index is 3.91. The van der Waals surface area contributed by atoms with Crippen molar-refractivity contribution in [2.45, 2.75) is 110 Å². The van der Waals surface area contributed by atoms with Crippen molar-refractivity contribution in [2.24, 2.45) is 11.8 Å². The summed E-state index contributed by atoms with van der Waals surface area (Å²) >= 11 is 0. The maximum absolute atomic E-state index is 3.91. The molecule has 0 heteroatoms. The van der Waals surface area contributed by atoms with Gasteiger partial charge in [-0.1, -0.05) is 110 Å². The van der Waals surface area contributed by atoms with Gasteiger partial charge in [-0.2, -0.15) is 0 Å². The van der Waals surface area contributed by atoms with Crippen LogP contribution in [-0.2, 0) is 0 Å². The highest BCUT2D eigenvalue weighted by molar-refractivity contribution is 4.81. The van der Waals surface area contributed by atoms with Crippen LogP contribution in [0.1, 0.15) is 110 Å². The fraction of sp³-hybridized carbons (Fsp3) is 0.826. The van der Waals surface area contributed by atoms with Crippen LogP contribution in [0.2, 0.25) is 0 Å². The van der Waals surface area contributed by atoms with Gasteiger partial charge in [-0.3, -0.25) is 0 Å². The Bertz CT molecular complexity index is 238. The van der Waals surface area contributed by atoms with Gasteiger partial charge in [-0.15, -0.1) is 0 Å². The summed E-state index contributed by atoms with van der Waals surface area (Å²) in [6, 6.07) is 0. The zero-order valence-corrected chi connectivity index (χ0v) is 16.3. The van der Waals surface area contributed by atoms with E-state index in [2.05, 4.69) is 39.8 Å². The summed E-state index contributed by atoms with van der Waals surface area (Å²) in [5.74, 6) is 1.80. The molecule has 0 aliphatic heterocycles. The predicted octanol–water partition coefficient (Wildman–Crippen LogP) is 8.33. The standard InChI is InChI=1S/C23H44/c1-5-7-9-11-13-15-17-19-21-23(22(3)4)20-18-16-14-12-10-8-6-2/h10,12,22-23H,1-2,5-9,11,13-21H2,3-4H3. The first-order valence-electron chi connectivity index (χ1n) is 10.5. The molecular formula is C23H44. The van der Waals surface area contributed by atoms with E-state index in [4.69, 9.17) is 0 Å². The van der Waals surface area contributed by atoms with E-state index in [9.17, 15) is 0 Å². The summed E-state index contributed by atoms with van der Waals surface area (Å²) in [6.07, 6.45) is 24.8. The van der Waals surface area contributed by atoms with E-state index in [0.29, 0.717) is 0 Å². The van der Waals surface area contributed by atoms with E-state index < -0.39 is 0 Å². The van der Waals surface area contributed by atoms with Gasteiger partial charge >= 0.3 is 0 Å². The third-order valence-electron chi connectivity index (χ3n) is 5.00. The Balaban J connectivity index is 3.55. The van der Waals surface area contributed by atoms with Crippen LogP contribution in [0.25, 0.3) is 0 Å². The molecule has 1 atom stereocenters. The van der Waals surface area contributed by atoms with Gasteiger partial charge in [0.1, 0.15) is 0 Å².